The lowest BCUT2D eigenvalue weighted by Crippen LogP contribution is -2.50. The molecular weight excluding hydrogens is 248 g/mol. The van der Waals surface area contributed by atoms with Crippen molar-refractivity contribution in [3.63, 3.8) is 0 Å². The summed E-state index contributed by atoms with van der Waals surface area (Å²) in [5, 5.41) is 0. The molecule has 0 amide bonds. The average molecular weight is 266 g/mol. The minimum absolute atomic E-state index is 0.0618. The van der Waals surface area contributed by atoms with Gasteiger partial charge in [0.1, 0.15) is 11.5 Å². The number of hydrogen-bond acceptors (Lipinski definition) is 2. The van der Waals surface area contributed by atoms with Crippen LogP contribution in [0.15, 0.2) is 41.7 Å². The van der Waals surface area contributed by atoms with E-state index in [0.717, 1.165) is 11.5 Å². The molecule has 1 spiro atoms. The minimum atomic E-state index is 0.0618. The summed E-state index contributed by atoms with van der Waals surface area (Å²) in [4.78, 5) is 0. The molecule has 2 nitrogen and oxygen atoms in total. The van der Waals surface area contributed by atoms with E-state index < -0.39 is 0 Å². The maximum atomic E-state index is 6.35. The van der Waals surface area contributed by atoms with Gasteiger partial charge < -0.3 is 9.47 Å². The first-order valence-electron chi connectivity index (χ1n) is 7.60. The highest BCUT2D eigenvalue weighted by Gasteiger charge is 2.60. The first-order valence-corrected chi connectivity index (χ1v) is 7.60. The molecule has 0 aromatic heterocycles. The van der Waals surface area contributed by atoms with Crippen LogP contribution in [0.3, 0.4) is 0 Å². The summed E-state index contributed by atoms with van der Waals surface area (Å²) >= 11 is 0. The lowest BCUT2D eigenvalue weighted by molar-refractivity contribution is 0.0961. The molecule has 20 heavy (non-hydrogen) atoms. The van der Waals surface area contributed by atoms with Gasteiger partial charge in [0, 0.05) is 5.56 Å². The summed E-state index contributed by atoms with van der Waals surface area (Å²) in [6.07, 6.45) is 9.52. The smallest absolute Gasteiger partial charge is 0.169 e. The molecule has 2 heteroatoms. The highest BCUT2D eigenvalue weighted by Crippen LogP contribution is 2.62. The molecule has 1 heterocycles. The fraction of sp³-hybridized carbons (Fsp3) is 0.444. The van der Waals surface area contributed by atoms with Crippen molar-refractivity contribution in [2.75, 3.05) is 7.11 Å². The van der Waals surface area contributed by atoms with Crippen LogP contribution in [0.4, 0.5) is 0 Å². The maximum Gasteiger partial charge on any atom is 0.169 e. The van der Waals surface area contributed by atoms with Gasteiger partial charge in [0.25, 0.3) is 0 Å². The van der Waals surface area contributed by atoms with Gasteiger partial charge in [0.15, 0.2) is 6.10 Å². The number of methoxy groups -OCH3 is 1. The maximum absolute atomic E-state index is 6.35. The second-order valence-electron chi connectivity index (χ2n) is 6.45. The Hall–Kier alpha value is -1.70. The predicted molar refractivity (Wildman–Crippen MR) is 76.8 cm³/mol. The van der Waals surface area contributed by atoms with Gasteiger partial charge in [0.05, 0.1) is 12.5 Å². The first kappa shape index (κ1) is 11.0. The Kier molecular flexibility index (Phi) is 1.92. The van der Waals surface area contributed by atoms with Crippen LogP contribution in [0.2, 0.25) is 0 Å². The molecular formula is C18H18O2. The Labute approximate surface area is 119 Å². The molecule has 3 aliphatic carbocycles. The minimum Gasteiger partial charge on any atom is -0.497 e. The van der Waals surface area contributed by atoms with Crippen molar-refractivity contribution in [1.82, 2.24) is 0 Å². The van der Waals surface area contributed by atoms with Crippen LogP contribution in [0, 0.1) is 5.92 Å². The summed E-state index contributed by atoms with van der Waals surface area (Å²) in [6.45, 7) is 0. The lowest BCUT2D eigenvalue weighted by atomic mass is 9.53. The number of rotatable bonds is 1. The van der Waals surface area contributed by atoms with Crippen molar-refractivity contribution in [1.29, 1.82) is 0 Å². The molecule has 0 N–H and O–H groups in total. The van der Waals surface area contributed by atoms with E-state index in [-0.39, 0.29) is 11.5 Å². The zero-order valence-electron chi connectivity index (χ0n) is 11.7. The van der Waals surface area contributed by atoms with E-state index in [4.69, 9.17) is 9.47 Å². The number of allylic oxidation sites excluding steroid dienone is 2. The Bertz CT molecular complexity index is 670. The van der Waals surface area contributed by atoms with Crippen molar-refractivity contribution in [3.8, 4) is 5.75 Å². The first-order chi connectivity index (χ1) is 9.84. The third-order valence-corrected chi connectivity index (χ3v) is 5.72. The van der Waals surface area contributed by atoms with Crippen LogP contribution < -0.4 is 4.74 Å². The van der Waals surface area contributed by atoms with Crippen LogP contribution >= 0.6 is 0 Å². The summed E-state index contributed by atoms with van der Waals surface area (Å²) in [5.41, 5.74) is 4.65. The van der Waals surface area contributed by atoms with E-state index in [0.29, 0.717) is 5.92 Å². The summed E-state index contributed by atoms with van der Waals surface area (Å²) in [6, 6.07) is 6.57. The van der Waals surface area contributed by atoms with Crippen LogP contribution in [-0.2, 0) is 16.6 Å². The molecule has 1 aromatic rings. The van der Waals surface area contributed by atoms with Gasteiger partial charge in [-0.25, -0.2) is 0 Å². The van der Waals surface area contributed by atoms with E-state index in [9.17, 15) is 0 Å². The highest BCUT2D eigenvalue weighted by atomic mass is 16.5. The van der Waals surface area contributed by atoms with Gasteiger partial charge in [-0.2, -0.15) is 0 Å². The fourth-order valence-corrected chi connectivity index (χ4v) is 5.05. The monoisotopic (exact) mass is 266 g/mol. The van der Waals surface area contributed by atoms with Crippen molar-refractivity contribution in [2.45, 2.75) is 37.2 Å². The summed E-state index contributed by atoms with van der Waals surface area (Å²) in [7, 11) is 1.76. The molecule has 5 rings (SSSR count). The van der Waals surface area contributed by atoms with Crippen molar-refractivity contribution in [3.05, 3.63) is 52.8 Å². The Morgan fingerprint density at radius 3 is 3.15 bits per heavy atom. The average Bonchev–Trinajstić information content (AvgIpc) is 2.80. The van der Waals surface area contributed by atoms with Gasteiger partial charge in [-0.05, 0) is 42.9 Å². The van der Waals surface area contributed by atoms with Gasteiger partial charge >= 0.3 is 0 Å². The second kappa shape index (κ2) is 3.49. The van der Waals surface area contributed by atoms with Crippen molar-refractivity contribution < 1.29 is 9.47 Å². The van der Waals surface area contributed by atoms with Crippen LogP contribution in [-0.4, -0.2) is 13.2 Å². The van der Waals surface area contributed by atoms with Crippen LogP contribution in [0.25, 0.3) is 0 Å². The predicted octanol–water partition coefficient (Wildman–Crippen LogP) is 3.51. The zero-order chi connectivity index (χ0) is 13.3. The fourth-order valence-electron chi connectivity index (χ4n) is 5.05. The molecule has 1 saturated carbocycles. The summed E-state index contributed by atoms with van der Waals surface area (Å²) < 4.78 is 12.0. The second-order valence-corrected chi connectivity index (χ2v) is 6.45. The van der Waals surface area contributed by atoms with E-state index >= 15 is 0 Å². The quantitative estimate of drug-likeness (QED) is 0.774. The van der Waals surface area contributed by atoms with E-state index in [1.165, 1.54) is 36.8 Å². The topological polar surface area (TPSA) is 18.5 Å². The molecule has 0 saturated heterocycles. The molecule has 3 atom stereocenters. The Morgan fingerprint density at radius 1 is 1.30 bits per heavy atom. The molecule has 1 aromatic carbocycles. The van der Waals surface area contributed by atoms with Gasteiger partial charge in [-0.1, -0.05) is 30.2 Å². The molecule has 102 valence electrons. The van der Waals surface area contributed by atoms with Gasteiger partial charge in [0.2, 0.25) is 0 Å². The standard InChI is InChI=1S/C18H18O2/c1-19-15-8-7-13-11-5-3-9-18(13)16-12(10-11)4-2-6-14(16)20-17(15)18/h2,4,6-8,11,17H,3,5,9-10H2,1H3/t11-,17+,18?/m1/s1. The van der Waals surface area contributed by atoms with E-state index in [1.807, 2.05) is 0 Å². The molecule has 0 radical (unpaired) electrons. The van der Waals surface area contributed by atoms with E-state index in [1.54, 1.807) is 12.7 Å². The summed E-state index contributed by atoms with van der Waals surface area (Å²) in [5.74, 6) is 2.77. The van der Waals surface area contributed by atoms with Crippen molar-refractivity contribution >= 4 is 0 Å². The number of hydrogen-bond donors (Lipinski definition) is 0. The van der Waals surface area contributed by atoms with Gasteiger partial charge in [-0.3, -0.25) is 0 Å². The third kappa shape index (κ3) is 1.05. The van der Waals surface area contributed by atoms with Crippen molar-refractivity contribution in [2.24, 2.45) is 5.92 Å². The van der Waals surface area contributed by atoms with Crippen LogP contribution in [0.1, 0.15) is 30.4 Å². The molecule has 1 aliphatic heterocycles. The van der Waals surface area contributed by atoms with Gasteiger partial charge in [-0.15, -0.1) is 0 Å². The normalized spacial score (nSPS) is 35.6. The van der Waals surface area contributed by atoms with E-state index in [2.05, 4.69) is 30.4 Å². The number of benzene rings is 1. The lowest BCUT2D eigenvalue weighted by Gasteiger charge is -2.49. The zero-order valence-corrected chi connectivity index (χ0v) is 11.7. The molecule has 1 fully saturated rings. The third-order valence-electron chi connectivity index (χ3n) is 5.72. The molecule has 4 aliphatic rings. The Morgan fingerprint density at radius 2 is 2.25 bits per heavy atom. The molecule has 2 bridgehead atoms. The Balaban J connectivity index is 1.86. The highest BCUT2D eigenvalue weighted by molar-refractivity contribution is 5.62. The van der Waals surface area contributed by atoms with Crippen LogP contribution in [0.5, 0.6) is 5.75 Å². The SMILES string of the molecule is COC1=CC=C2[C@@H]3CCCC24c2c(cccc2O[C@@H]14)C3. The number of ether oxygens (including phenoxy) is 2. The largest absolute Gasteiger partial charge is 0.497 e. The molecule has 1 unspecified atom stereocenters.